The number of para-hydroxylation sites is 1. The van der Waals surface area contributed by atoms with Crippen LogP contribution in [0.5, 0.6) is 0 Å². The van der Waals surface area contributed by atoms with Gasteiger partial charge in [0.2, 0.25) is 0 Å². The number of carbonyl (C=O) groups excluding carboxylic acids is 1. The Hall–Kier alpha value is -2.01. The van der Waals surface area contributed by atoms with E-state index >= 15 is 0 Å². The van der Waals surface area contributed by atoms with Crippen molar-refractivity contribution in [3.05, 3.63) is 63.4 Å². The summed E-state index contributed by atoms with van der Waals surface area (Å²) in [5.74, 6) is 1.01. The molecule has 1 saturated heterocycles. The molecule has 0 bridgehead atoms. The number of likely N-dealkylation sites (tertiary alicyclic amines) is 1. The van der Waals surface area contributed by atoms with Crippen LogP contribution in [0, 0.1) is 0 Å². The van der Waals surface area contributed by atoms with Crippen LogP contribution >= 0.6 is 15.9 Å². The largest absolute Gasteiger partial charge is 0.383 e. The summed E-state index contributed by atoms with van der Waals surface area (Å²) in [6.07, 6.45) is 8.37. The minimum absolute atomic E-state index is 0.0803. The fourth-order valence-electron chi connectivity index (χ4n) is 5.28. The van der Waals surface area contributed by atoms with Gasteiger partial charge < -0.3 is 15.5 Å². The maximum atomic E-state index is 12.8. The van der Waals surface area contributed by atoms with Crippen LogP contribution in [-0.2, 0) is 10.2 Å². The SMILES string of the molecule is C=C1C=C(N2CCC3(CC2)CNc2c(Br)cccc23)NC(=O)C2=C1CCCC2. The van der Waals surface area contributed by atoms with Gasteiger partial charge in [-0.3, -0.25) is 4.79 Å². The van der Waals surface area contributed by atoms with Crippen LogP contribution in [0.25, 0.3) is 0 Å². The standard InChI is InChI=1S/C23H26BrN3O/c1-15-13-20(26-22(28)17-6-3-2-5-16(15)17)27-11-9-23(10-12-27)14-25-21-18(23)7-4-8-19(21)24/h4,7-8,13,25H,1-3,5-6,9-12,14H2,(H,26,28). The molecule has 1 fully saturated rings. The molecule has 1 aliphatic carbocycles. The molecule has 1 aromatic rings. The van der Waals surface area contributed by atoms with Crippen LogP contribution in [-0.4, -0.2) is 30.4 Å². The van der Waals surface area contributed by atoms with Crippen molar-refractivity contribution < 1.29 is 4.79 Å². The monoisotopic (exact) mass is 439 g/mol. The molecule has 0 saturated carbocycles. The predicted molar refractivity (Wildman–Crippen MR) is 116 cm³/mol. The van der Waals surface area contributed by atoms with Crippen LogP contribution in [0.1, 0.15) is 44.1 Å². The molecule has 28 heavy (non-hydrogen) atoms. The molecule has 0 atom stereocenters. The minimum atomic E-state index is 0.0803. The summed E-state index contributed by atoms with van der Waals surface area (Å²) in [4.78, 5) is 15.1. The van der Waals surface area contributed by atoms with Crippen LogP contribution in [0.2, 0.25) is 0 Å². The second-order valence-corrected chi connectivity index (χ2v) is 9.31. The number of rotatable bonds is 1. The summed E-state index contributed by atoms with van der Waals surface area (Å²) in [7, 11) is 0. The molecule has 3 heterocycles. The van der Waals surface area contributed by atoms with E-state index in [4.69, 9.17) is 0 Å². The van der Waals surface area contributed by atoms with Crippen molar-refractivity contribution >= 4 is 27.5 Å². The summed E-state index contributed by atoms with van der Waals surface area (Å²) >= 11 is 3.68. The first kappa shape index (κ1) is 18.0. The first-order valence-electron chi connectivity index (χ1n) is 10.3. The third kappa shape index (κ3) is 2.83. The van der Waals surface area contributed by atoms with Gasteiger partial charge in [-0.05, 0) is 83.3 Å². The maximum absolute atomic E-state index is 12.8. The summed E-state index contributed by atoms with van der Waals surface area (Å²) in [5.41, 5.74) is 6.02. The molecule has 0 aromatic heterocycles. The summed E-state index contributed by atoms with van der Waals surface area (Å²) < 4.78 is 1.15. The Morgan fingerprint density at radius 2 is 1.86 bits per heavy atom. The van der Waals surface area contributed by atoms with Gasteiger partial charge in [0.1, 0.15) is 5.82 Å². The Morgan fingerprint density at radius 3 is 2.64 bits per heavy atom. The third-order valence-electron chi connectivity index (χ3n) is 6.93. The second-order valence-electron chi connectivity index (χ2n) is 8.46. The summed E-state index contributed by atoms with van der Waals surface area (Å²) in [6, 6.07) is 6.51. The number of piperidine rings is 1. The number of nitrogens with one attached hydrogen (secondary N) is 2. The van der Waals surface area contributed by atoms with E-state index < -0.39 is 0 Å². The van der Waals surface area contributed by atoms with Crippen molar-refractivity contribution in [1.29, 1.82) is 0 Å². The fraction of sp³-hybridized carbons (Fsp3) is 0.435. The number of fused-ring (bicyclic) bond motifs is 2. The molecule has 5 rings (SSSR count). The lowest BCUT2D eigenvalue weighted by molar-refractivity contribution is -0.117. The Kier molecular flexibility index (Phi) is 4.38. The number of nitrogens with zero attached hydrogens (tertiary/aromatic N) is 1. The highest BCUT2D eigenvalue weighted by molar-refractivity contribution is 9.10. The van der Waals surface area contributed by atoms with Gasteiger partial charge >= 0.3 is 0 Å². The molecule has 1 aromatic carbocycles. The number of carbonyl (C=O) groups is 1. The third-order valence-corrected chi connectivity index (χ3v) is 7.59. The molecule has 146 valence electrons. The zero-order valence-electron chi connectivity index (χ0n) is 16.1. The topological polar surface area (TPSA) is 44.4 Å². The lowest BCUT2D eigenvalue weighted by Gasteiger charge is -2.41. The molecule has 1 amide bonds. The maximum Gasteiger partial charge on any atom is 0.252 e. The van der Waals surface area contributed by atoms with Gasteiger partial charge in [0, 0.05) is 35.1 Å². The molecule has 0 unspecified atom stereocenters. The Morgan fingerprint density at radius 1 is 1.11 bits per heavy atom. The summed E-state index contributed by atoms with van der Waals surface area (Å²) in [6.45, 7) is 7.16. The second kappa shape index (κ2) is 6.80. The van der Waals surface area contributed by atoms with Gasteiger partial charge in [-0.25, -0.2) is 0 Å². The fourth-order valence-corrected chi connectivity index (χ4v) is 5.79. The predicted octanol–water partition coefficient (Wildman–Crippen LogP) is 4.61. The highest BCUT2D eigenvalue weighted by Crippen LogP contribution is 2.47. The van der Waals surface area contributed by atoms with Crippen LogP contribution in [0.3, 0.4) is 0 Å². The van der Waals surface area contributed by atoms with Gasteiger partial charge in [0.25, 0.3) is 5.91 Å². The molecule has 5 heteroatoms. The minimum Gasteiger partial charge on any atom is -0.383 e. The van der Waals surface area contributed by atoms with Crippen LogP contribution < -0.4 is 10.6 Å². The number of allylic oxidation sites excluding steroid dienone is 3. The first-order chi connectivity index (χ1) is 13.6. The lowest BCUT2D eigenvalue weighted by atomic mass is 9.74. The Balaban J connectivity index is 1.35. The number of anilines is 1. The number of amides is 1. The number of hydrogen-bond acceptors (Lipinski definition) is 3. The normalized spacial score (nSPS) is 23.6. The Bertz CT molecular complexity index is 922. The van der Waals surface area contributed by atoms with Crippen LogP contribution in [0.4, 0.5) is 5.69 Å². The van der Waals surface area contributed by atoms with E-state index in [-0.39, 0.29) is 11.3 Å². The van der Waals surface area contributed by atoms with E-state index in [2.05, 4.69) is 62.3 Å². The van der Waals surface area contributed by atoms with Crippen molar-refractivity contribution in [1.82, 2.24) is 10.2 Å². The highest BCUT2D eigenvalue weighted by Gasteiger charge is 2.42. The molecule has 0 radical (unpaired) electrons. The van der Waals surface area contributed by atoms with Gasteiger partial charge in [0.15, 0.2) is 0 Å². The van der Waals surface area contributed by atoms with Gasteiger partial charge in [0.05, 0.1) is 5.69 Å². The van der Waals surface area contributed by atoms with Gasteiger partial charge in [-0.1, -0.05) is 18.7 Å². The number of hydrogen-bond donors (Lipinski definition) is 2. The quantitative estimate of drug-likeness (QED) is 0.671. The molecule has 2 N–H and O–H groups in total. The van der Waals surface area contributed by atoms with E-state index in [0.717, 1.165) is 79.6 Å². The van der Waals surface area contributed by atoms with Crippen LogP contribution in [0.15, 0.2) is 57.9 Å². The van der Waals surface area contributed by atoms with Gasteiger partial charge in [-0.2, -0.15) is 0 Å². The van der Waals surface area contributed by atoms with E-state index in [1.54, 1.807) is 0 Å². The molecule has 4 aliphatic rings. The first-order valence-corrected chi connectivity index (χ1v) is 11.1. The average Bonchev–Trinajstić information content (AvgIpc) is 3.01. The van der Waals surface area contributed by atoms with E-state index in [9.17, 15) is 4.79 Å². The summed E-state index contributed by atoms with van der Waals surface area (Å²) in [5, 5.41) is 6.80. The zero-order valence-corrected chi connectivity index (χ0v) is 17.7. The molecular formula is C23H26BrN3O. The van der Waals surface area contributed by atoms with Crippen molar-refractivity contribution in [2.24, 2.45) is 0 Å². The molecule has 4 nitrogen and oxygen atoms in total. The number of benzene rings is 1. The highest BCUT2D eigenvalue weighted by atomic mass is 79.9. The molecule has 1 spiro atoms. The molecule has 3 aliphatic heterocycles. The number of halogens is 1. The lowest BCUT2D eigenvalue weighted by Crippen LogP contribution is -2.46. The van der Waals surface area contributed by atoms with E-state index in [0.29, 0.717) is 0 Å². The van der Waals surface area contributed by atoms with Crippen molar-refractivity contribution in [3.63, 3.8) is 0 Å². The van der Waals surface area contributed by atoms with E-state index in [1.165, 1.54) is 16.8 Å². The van der Waals surface area contributed by atoms with Crippen molar-refractivity contribution in [2.45, 2.75) is 43.9 Å². The van der Waals surface area contributed by atoms with Crippen molar-refractivity contribution in [3.8, 4) is 0 Å². The zero-order chi connectivity index (χ0) is 19.3. The molecular weight excluding hydrogens is 414 g/mol. The smallest absolute Gasteiger partial charge is 0.252 e. The van der Waals surface area contributed by atoms with E-state index in [1.807, 2.05) is 0 Å². The average molecular weight is 440 g/mol. The van der Waals surface area contributed by atoms with Gasteiger partial charge in [-0.15, -0.1) is 0 Å². The Labute approximate surface area is 174 Å². The van der Waals surface area contributed by atoms with Crippen molar-refractivity contribution in [2.75, 3.05) is 25.0 Å².